The third kappa shape index (κ3) is 3.24. The number of aromatic nitrogens is 3. The topological polar surface area (TPSA) is 138 Å². The van der Waals surface area contributed by atoms with Gasteiger partial charge in [-0.05, 0) is 43.5 Å². The summed E-state index contributed by atoms with van der Waals surface area (Å²) >= 11 is 5.91. The summed E-state index contributed by atoms with van der Waals surface area (Å²) in [5, 5.41) is 3.75. The highest BCUT2D eigenvalue weighted by Gasteiger charge is 2.44. The van der Waals surface area contributed by atoms with E-state index in [1.54, 1.807) is 16.7 Å². The molecule has 0 bridgehead atoms. The number of benzene rings is 1. The van der Waals surface area contributed by atoms with Gasteiger partial charge in [-0.2, -0.15) is 0 Å². The van der Waals surface area contributed by atoms with Gasteiger partial charge in [-0.15, -0.1) is 0 Å². The summed E-state index contributed by atoms with van der Waals surface area (Å²) in [5.74, 6) is 0.0319. The van der Waals surface area contributed by atoms with Gasteiger partial charge in [0, 0.05) is 18.7 Å². The highest BCUT2D eigenvalue weighted by molar-refractivity contribution is 6.29. The fourth-order valence-corrected chi connectivity index (χ4v) is 4.90. The van der Waals surface area contributed by atoms with Crippen molar-refractivity contribution in [2.24, 2.45) is 11.5 Å². The van der Waals surface area contributed by atoms with Crippen molar-refractivity contribution in [1.82, 2.24) is 14.5 Å². The van der Waals surface area contributed by atoms with Crippen LogP contribution in [0.5, 0.6) is 0 Å². The van der Waals surface area contributed by atoms with Crippen LogP contribution in [0.4, 0.5) is 5.69 Å². The van der Waals surface area contributed by atoms with E-state index in [-0.39, 0.29) is 21.8 Å². The number of halogens is 1. The van der Waals surface area contributed by atoms with Crippen LogP contribution < -0.4 is 22.3 Å². The summed E-state index contributed by atoms with van der Waals surface area (Å²) in [6.07, 6.45) is 0.905. The van der Waals surface area contributed by atoms with Crippen molar-refractivity contribution in [3.8, 4) is 0 Å². The predicted molar refractivity (Wildman–Crippen MR) is 121 cm³/mol. The first-order valence-corrected chi connectivity index (χ1v) is 10.8. The Morgan fingerprint density at radius 1 is 1.31 bits per heavy atom. The van der Waals surface area contributed by atoms with Crippen LogP contribution in [0.15, 0.2) is 29.1 Å². The molecule has 3 aromatic rings. The predicted octanol–water partition coefficient (Wildman–Crippen LogP) is 1.98. The molecule has 5 rings (SSSR count). The summed E-state index contributed by atoms with van der Waals surface area (Å²) in [5.41, 5.74) is 14.1. The number of nitrogens with zero attached hydrogens (tertiary/aromatic N) is 3. The second-order valence-electron chi connectivity index (χ2n) is 8.49. The maximum Gasteiger partial charge on any atom is 0.269 e. The molecule has 2 aliphatic rings. The Balaban J connectivity index is 1.64. The summed E-state index contributed by atoms with van der Waals surface area (Å²) < 4.78 is 7.43. The average molecular weight is 455 g/mol. The molecule has 1 amide bonds. The zero-order chi connectivity index (χ0) is 22.6. The van der Waals surface area contributed by atoms with Gasteiger partial charge in [0.15, 0.2) is 5.69 Å². The van der Waals surface area contributed by atoms with E-state index in [9.17, 15) is 9.59 Å². The van der Waals surface area contributed by atoms with Crippen molar-refractivity contribution in [3.05, 3.63) is 62.4 Å². The molecule has 0 radical (unpaired) electrons. The van der Waals surface area contributed by atoms with Crippen molar-refractivity contribution in [2.75, 3.05) is 18.5 Å². The maximum absolute atomic E-state index is 13.4. The number of primary amides is 1. The molecule has 1 spiro atoms. The minimum Gasteiger partial charge on any atom is -0.380 e. The van der Waals surface area contributed by atoms with Gasteiger partial charge in [-0.1, -0.05) is 17.7 Å². The Labute approximate surface area is 188 Å². The first-order valence-electron chi connectivity index (χ1n) is 10.4. The molecule has 2 atom stereocenters. The van der Waals surface area contributed by atoms with Crippen molar-refractivity contribution < 1.29 is 9.53 Å². The lowest BCUT2D eigenvalue weighted by Crippen LogP contribution is -2.30. The van der Waals surface area contributed by atoms with Crippen LogP contribution in [0.3, 0.4) is 0 Å². The molecule has 1 saturated heterocycles. The second kappa shape index (κ2) is 7.54. The molecule has 1 fully saturated rings. The van der Waals surface area contributed by atoms with Gasteiger partial charge in [-0.3, -0.25) is 14.2 Å². The van der Waals surface area contributed by atoms with Crippen LogP contribution in [0.25, 0.3) is 10.9 Å². The number of hydrogen-bond donors (Lipinski definition) is 3. The lowest BCUT2D eigenvalue weighted by molar-refractivity contribution is 0.0996. The number of amides is 1. The molecule has 4 heterocycles. The van der Waals surface area contributed by atoms with E-state index in [0.29, 0.717) is 41.9 Å². The molecule has 0 unspecified atom stereocenters. The van der Waals surface area contributed by atoms with Gasteiger partial charge in [-0.25, -0.2) is 9.97 Å². The number of ether oxygens (including phenoxy) is 1. The van der Waals surface area contributed by atoms with E-state index < -0.39 is 12.1 Å². The summed E-state index contributed by atoms with van der Waals surface area (Å²) in [6, 6.07) is 6.86. The Morgan fingerprint density at radius 2 is 2.12 bits per heavy atom. The minimum atomic E-state index is -0.773. The van der Waals surface area contributed by atoms with Crippen molar-refractivity contribution >= 4 is 34.1 Å². The van der Waals surface area contributed by atoms with E-state index in [0.717, 1.165) is 24.2 Å². The number of carbonyl (C=O) groups is 1. The van der Waals surface area contributed by atoms with Crippen molar-refractivity contribution in [3.63, 3.8) is 0 Å². The molecule has 0 saturated carbocycles. The summed E-state index contributed by atoms with van der Waals surface area (Å²) in [6.45, 7) is 3.76. The first-order chi connectivity index (χ1) is 15.3. The largest absolute Gasteiger partial charge is 0.380 e. The lowest BCUT2D eigenvalue weighted by atomic mass is 9.85. The standard InChI is InChI=1S/C22H23ClN6O3/c1-11-8-12(18(24)26-14-2-3-15(23)27-17(14)19(25)30)16-13(9-11)20(31)29-6-4-22(21(29)28-16)5-7-32-10-22/h2-3,8-9,18,26H,4-7,10,24H2,1H3,(H2,25,30)/t18-,22-/m0/s1. The molecule has 166 valence electrons. The molecule has 32 heavy (non-hydrogen) atoms. The highest BCUT2D eigenvalue weighted by atomic mass is 35.5. The zero-order valence-electron chi connectivity index (χ0n) is 17.5. The number of aryl methyl sites for hydroxylation is 1. The molecular formula is C22H23ClN6O3. The van der Waals surface area contributed by atoms with Gasteiger partial charge < -0.3 is 21.5 Å². The number of pyridine rings is 1. The lowest BCUT2D eigenvalue weighted by Gasteiger charge is -2.22. The zero-order valence-corrected chi connectivity index (χ0v) is 18.3. The fraction of sp³-hybridized carbons (Fsp3) is 0.364. The number of hydrogen-bond acceptors (Lipinski definition) is 7. The number of fused-ring (bicyclic) bond motifs is 3. The quantitative estimate of drug-likeness (QED) is 0.404. The van der Waals surface area contributed by atoms with E-state index >= 15 is 0 Å². The monoisotopic (exact) mass is 454 g/mol. The average Bonchev–Trinajstić information content (AvgIpc) is 3.37. The third-order valence-corrected chi connectivity index (χ3v) is 6.58. The summed E-state index contributed by atoms with van der Waals surface area (Å²) in [4.78, 5) is 34.1. The van der Waals surface area contributed by atoms with Crippen LogP contribution in [-0.2, 0) is 16.7 Å². The van der Waals surface area contributed by atoms with Gasteiger partial charge in [0.25, 0.3) is 11.5 Å². The number of rotatable bonds is 4. The van der Waals surface area contributed by atoms with E-state index in [4.69, 9.17) is 32.8 Å². The van der Waals surface area contributed by atoms with E-state index in [1.807, 2.05) is 19.1 Å². The maximum atomic E-state index is 13.4. The second-order valence-corrected chi connectivity index (χ2v) is 8.88. The molecule has 1 aromatic carbocycles. The highest BCUT2D eigenvalue weighted by Crippen LogP contribution is 2.40. The van der Waals surface area contributed by atoms with E-state index in [2.05, 4.69) is 10.3 Å². The molecule has 10 heteroatoms. The number of nitrogens with one attached hydrogen (secondary N) is 1. The van der Waals surface area contributed by atoms with Gasteiger partial charge in [0.1, 0.15) is 17.1 Å². The molecule has 9 nitrogen and oxygen atoms in total. The van der Waals surface area contributed by atoms with Crippen molar-refractivity contribution in [1.29, 1.82) is 0 Å². The van der Waals surface area contributed by atoms with Crippen LogP contribution in [0, 0.1) is 6.92 Å². The number of carbonyl (C=O) groups excluding carboxylic acids is 1. The molecule has 0 aliphatic carbocycles. The first kappa shape index (κ1) is 20.9. The van der Waals surface area contributed by atoms with Gasteiger partial charge >= 0.3 is 0 Å². The number of anilines is 1. The van der Waals surface area contributed by atoms with Crippen LogP contribution >= 0.6 is 11.6 Å². The molecule has 2 aliphatic heterocycles. The van der Waals surface area contributed by atoms with Gasteiger partial charge in [0.2, 0.25) is 0 Å². The summed E-state index contributed by atoms with van der Waals surface area (Å²) in [7, 11) is 0. The van der Waals surface area contributed by atoms with E-state index in [1.165, 1.54) is 0 Å². The Bertz CT molecular complexity index is 1320. The van der Waals surface area contributed by atoms with Crippen molar-refractivity contribution in [2.45, 2.75) is 37.9 Å². The molecule has 2 aromatic heterocycles. The smallest absolute Gasteiger partial charge is 0.269 e. The third-order valence-electron chi connectivity index (χ3n) is 6.37. The minimum absolute atomic E-state index is 0.0131. The van der Waals surface area contributed by atoms with Gasteiger partial charge in [0.05, 0.1) is 28.6 Å². The SMILES string of the molecule is Cc1cc([C@@H](N)Nc2ccc(Cl)nc2C(N)=O)c2nc3n(c(=O)c2c1)CC[C@@]31CCOC1. The van der Waals surface area contributed by atoms with Crippen LogP contribution in [0.2, 0.25) is 5.15 Å². The fourth-order valence-electron chi connectivity index (χ4n) is 4.76. The van der Waals surface area contributed by atoms with Crippen LogP contribution in [-0.4, -0.2) is 33.7 Å². The normalized spacial score (nSPS) is 20.6. The number of nitrogens with two attached hydrogens (primary N) is 2. The Morgan fingerprint density at radius 3 is 2.84 bits per heavy atom. The molecular weight excluding hydrogens is 432 g/mol. The van der Waals surface area contributed by atoms with Crippen LogP contribution in [0.1, 0.15) is 46.4 Å². The molecule has 5 N–H and O–H groups in total. The Kier molecular flexibility index (Phi) is 4.92. The Hall–Kier alpha value is -3.01.